The predicted molar refractivity (Wildman–Crippen MR) is 80.6 cm³/mol. The van der Waals surface area contributed by atoms with E-state index in [-0.39, 0.29) is 5.56 Å². The normalized spacial score (nSPS) is 10.8. The second-order valence-corrected chi connectivity index (χ2v) is 5.92. The number of benzene rings is 2. The smallest absolute Gasteiger partial charge is 0.168 e. The van der Waals surface area contributed by atoms with Gasteiger partial charge in [-0.25, -0.2) is 13.8 Å². The van der Waals surface area contributed by atoms with Crippen LogP contribution in [0.25, 0.3) is 21.8 Å². The van der Waals surface area contributed by atoms with Crippen LogP contribution in [-0.4, -0.2) is 4.98 Å². The van der Waals surface area contributed by atoms with E-state index in [2.05, 4.69) is 20.9 Å². The molecule has 0 aliphatic rings. The first kappa shape index (κ1) is 13.4. The van der Waals surface area contributed by atoms with Crippen LogP contribution in [0.4, 0.5) is 8.78 Å². The molecule has 100 valence electrons. The molecular formula is C15H8BrF2NS. The Morgan fingerprint density at radius 1 is 1.00 bits per heavy atom. The molecule has 0 N–H and O–H groups in total. The largest absolute Gasteiger partial charge is 0.236 e. The molecule has 0 atom stereocenters. The number of nitrogens with zero attached hydrogens (tertiary/aromatic N) is 1. The molecule has 0 spiro atoms. The first-order valence-corrected chi connectivity index (χ1v) is 7.48. The van der Waals surface area contributed by atoms with Gasteiger partial charge in [0.25, 0.3) is 0 Å². The fraction of sp³-hybridized carbons (Fsp3) is 0. The zero-order valence-electron chi connectivity index (χ0n) is 10.1. The molecule has 1 heterocycles. The summed E-state index contributed by atoms with van der Waals surface area (Å²) in [5, 5.41) is 2.51. The molecule has 1 nitrogen and oxygen atoms in total. The highest BCUT2D eigenvalue weighted by atomic mass is 79.9. The Bertz CT molecular complexity index is 753. The van der Waals surface area contributed by atoms with Gasteiger partial charge in [0.05, 0.1) is 5.69 Å². The quantitative estimate of drug-likeness (QED) is 0.592. The Hall–Kier alpha value is -1.59. The minimum Gasteiger partial charge on any atom is -0.236 e. The van der Waals surface area contributed by atoms with E-state index >= 15 is 0 Å². The van der Waals surface area contributed by atoms with Gasteiger partial charge < -0.3 is 0 Å². The number of rotatable bonds is 2. The number of halogens is 3. The molecule has 20 heavy (non-hydrogen) atoms. The van der Waals surface area contributed by atoms with Gasteiger partial charge in [0.1, 0.15) is 5.01 Å². The minimum atomic E-state index is -0.861. The Balaban J connectivity index is 2.02. The van der Waals surface area contributed by atoms with Crippen molar-refractivity contribution in [1.29, 1.82) is 0 Å². The summed E-state index contributed by atoms with van der Waals surface area (Å²) in [6.45, 7) is 0. The Kier molecular flexibility index (Phi) is 3.63. The molecule has 0 unspecified atom stereocenters. The summed E-state index contributed by atoms with van der Waals surface area (Å²) in [5.41, 5.74) is 1.58. The van der Waals surface area contributed by atoms with Gasteiger partial charge in [-0.15, -0.1) is 11.3 Å². The van der Waals surface area contributed by atoms with Gasteiger partial charge in [0.2, 0.25) is 0 Å². The van der Waals surface area contributed by atoms with Gasteiger partial charge in [-0.3, -0.25) is 0 Å². The van der Waals surface area contributed by atoms with Gasteiger partial charge in [0.15, 0.2) is 11.6 Å². The van der Waals surface area contributed by atoms with Crippen LogP contribution in [-0.2, 0) is 0 Å². The lowest BCUT2D eigenvalue weighted by Crippen LogP contribution is -1.89. The highest BCUT2D eigenvalue weighted by Gasteiger charge is 2.13. The molecule has 2 aromatic carbocycles. The lowest BCUT2D eigenvalue weighted by atomic mass is 10.1. The van der Waals surface area contributed by atoms with Crippen LogP contribution >= 0.6 is 27.3 Å². The monoisotopic (exact) mass is 351 g/mol. The number of aromatic nitrogens is 1. The SMILES string of the molecule is Fc1cccc(-c2csc(-c3ccc(Br)cc3)n2)c1F. The third-order valence-electron chi connectivity index (χ3n) is 2.82. The van der Waals surface area contributed by atoms with E-state index in [1.54, 1.807) is 5.38 Å². The van der Waals surface area contributed by atoms with Crippen LogP contribution in [0.5, 0.6) is 0 Å². The van der Waals surface area contributed by atoms with Gasteiger partial charge in [-0.1, -0.05) is 34.1 Å². The van der Waals surface area contributed by atoms with Crippen molar-refractivity contribution in [2.45, 2.75) is 0 Å². The van der Waals surface area contributed by atoms with Crippen molar-refractivity contribution < 1.29 is 8.78 Å². The number of hydrogen-bond acceptors (Lipinski definition) is 2. The highest BCUT2D eigenvalue weighted by Crippen LogP contribution is 2.31. The molecular weight excluding hydrogens is 344 g/mol. The molecule has 1 aromatic heterocycles. The summed E-state index contributed by atoms with van der Waals surface area (Å²) < 4.78 is 28.0. The Morgan fingerprint density at radius 2 is 1.75 bits per heavy atom. The molecule has 0 amide bonds. The molecule has 3 aromatic rings. The third kappa shape index (κ3) is 2.51. The van der Waals surface area contributed by atoms with Gasteiger partial charge >= 0.3 is 0 Å². The molecule has 0 bridgehead atoms. The van der Waals surface area contributed by atoms with Gasteiger partial charge in [-0.05, 0) is 24.3 Å². The molecule has 0 fully saturated rings. The molecule has 3 rings (SSSR count). The van der Waals surface area contributed by atoms with Crippen molar-refractivity contribution in [3.8, 4) is 21.8 Å². The van der Waals surface area contributed by atoms with Crippen LogP contribution in [0, 0.1) is 11.6 Å². The van der Waals surface area contributed by atoms with E-state index in [4.69, 9.17) is 0 Å². The van der Waals surface area contributed by atoms with E-state index in [0.717, 1.165) is 21.1 Å². The van der Waals surface area contributed by atoms with Crippen molar-refractivity contribution in [3.05, 3.63) is 64.0 Å². The molecule has 0 aliphatic heterocycles. The number of hydrogen-bond donors (Lipinski definition) is 0. The molecule has 0 aliphatic carbocycles. The fourth-order valence-corrected chi connectivity index (χ4v) is 2.91. The van der Waals surface area contributed by atoms with Crippen molar-refractivity contribution in [3.63, 3.8) is 0 Å². The van der Waals surface area contributed by atoms with Crippen LogP contribution in [0.1, 0.15) is 0 Å². The van der Waals surface area contributed by atoms with Crippen molar-refractivity contribution in [1.82, 2.24) is 4.98 Å². The maximum absolute atomic E-state index is 13.7. The van der Waals surface area contributed by atoms with Crippen LogP contribution in [0.3, 0.4) is 0 Å². The maximum Gasteiger partial charge on any atom is 0.168 e. The third-order valence-corrected chi connectivity index (χ3v) is 4.24. The Morgan fingerprint density at radius 3 is 2.50 bits per heavy atom. The average molecular weight is 352 g/mol. The summed E-state index contributed by atoms with van der Waals surface area (Å²) >= 11 is 4.77. The van der Waals surface area contributed by atoms with Crippen LogP contribution < -0.4 is 0 Å². The number of thiazole rings is 1. The fourth-order valence-electron chi connectivity index (χ4n) is 1.82. The molecule has 0 saturated heterocycles. The summed E-state index contributed by atoms with van der Waals surface area (Å²) in [4.78, 5) is 4.38. The van der Waals surface area contributed by atoms with Crippen molar-refractivity contribution in [2.24, 2.45) is 0 Å². The van der Waals surface area contributed by atoms with E-state index in [9.17, 15) is 8.78 Å². The van der Waals surface area contributed by atoms with Crippen molar-refractivity contribution in [2.75, 3.05) is 0 Å². The molecule has 5 heteroatoms. The molecule has 0 radical (unpaired) electrons. The summed E-state index contributed by atoms with van der Waals surface area (Å²) in [5.74, 6) is -1.72. The predicted octanol–water partition coefficient (Wildman–Crippen LogP) is 5.52. The second kappa shape index (κ2) is 5.42. The summed E-state index contributed by atoms with van der Waals surface area (Å²) in [7, 11) is 0. The van der Waals surface area contributed by atoms with E-state index < -0.39 is 11.6 Å². The topological polar surface area (TPSA) is 12.9 Å². The minimum absolute atomic E-state index is 0.185. The lowest BCUT2D eigenvalue weighted by Gasteiger charge is -2.00. The van der Waals surface area contributed by atoms with E-state index in [1.165, 1.54) is 23.5 Å². The van der Waals surface area contributed by atoms with E-state index in [0.29, 0.717) is 5.69 Å². The standard InChI is InChI=1S/C15H8BrF2NS/c16-10-6-4-9(5-7-10)15-19-13(8-20-15)11-2-1-3-12(17)14(11)18/h1-8H. The first-order valence-electron chi connectivity index (χ1n) is 5.81. The average Bonchev–Trinajstić information content (AvgIpc) is 2.92. The van der Waals surface area contributed by atoms with Gasteiger partial charge in [-0.2, -0.15) is 0 Å². The Labute approximate surface area is 127 Å². The van der Waals surface area contributed by atoms with Crippen LogP contribution in [0.2, 0.25) is 0 Å². The van der Waals surface area contributed by atoms with Gasteiger partial charge in [0, 0.05) is 21.0 Å². The summed E-state index contributed by atoms with van der Waals surface area (Å²) in [6, 6.07) is 11.8. The van der Waals surface area contributed by atoms with Crippen LogP contribution in [0.15, 0.2) is 52.3 Å². The maximum atomic E-state index is 13.7. The highest BCUT2D eigenvalue weighted by molar-refractivity contribution is 9.10. The zero-order chi connectivity index (χ0) is 14.1. The lowest BCUT2D eigenvalue weighted by molar-refractivity contribution is 0.511. The summed E-state index contributed by atoms with van der Waals surface area (Å²) in [6.07, 6.45) is 0. The van der Waals surface area contributed by atoms with Crippen molar-refractivity contribution >= 4 is 27.3 Å². The molecule has 0 saturated carbocycles. The second-order valence-electron chi connectivity index (χ2n) is 4.15. The van der Waals surface area contributed by atoms with E-state index in [1.807, 2.05) is 24.3 Å². The zero-order valence-corrected chi connectivity index (χ0v) is 12.5. The first-order chi connectivity index (χ1) is 9.65.